The zero-order valence-electron chi connectivity index (χ0n) is 10.8. The van der Waals surface area contributed by atoms with E-state index < -0.39 is 0 Å². The largest absolute Gasteiger partial charge is 0.383 e. The van der Waals surface area contributed by atoms with Gasteiger partial charge in [0.25, 0.3) is 0 Å². The summed E-state index contributed by atoms with van der Waals surface area (Å²) in [6, 6.07) is 11.7. The summed E-state index contributed by atoms with van der Waals surface area (Å²) in [6.45, 7) is 4.03. The predicted molar refractivity (Wildman–Crippen MR) is 79.5 cm³/mol. The minimum Gasteiger partial charge on any atom is -0.383 e. The predicted octanol–water partition coefficient (Wildman–Crippen LogP) is 3.85. The van der Waals surface area contributed by atoms with Crippen LogP contribution >= 0.6 is 11.6 Å². The van der Waals surface area contributed by atoms with E-state index in [1.54, 1.807) is 0 Å². The third kappa shape index (κ3) is 1.87. The first-order chi connectivity index (χ1) is 9.08. The lowest BCUT2D eigenvalue weighted by Gasteiger charge is -2.05. The van der Waals surface area contributed by atoms with Gasteiger partial charge in [-0.25, -0.2) is 4.98 Å². The molecular weight excluding hydrogens is 258 g/mol. The number of fused-ring (bicyclic) bond motifs is 1. The van der Waals surface area contributed by atoms with Gasteiger partial charge >= 0.3 is 0 Å². The summed E-state index contributed by atoms with van der Waals surface area (Å²) in [5.41, 5.74) is 11.1. The molecule has 0 spiro atoms. The second-order valence-corrected chi connectivity index (χ2v) is 5.10. The smallest absolute Gasteiger partial charge is 0.139 e. The van der Waals surface area contributed by atoms with Gasteiger partial charge in [0, 0.05) is 16.3 Å². The van der Waals surface area contributed by atoms with Crippen LogP contribution in [0.3, 0.4) is 0 Å². The fourth-order valence-electron chi connectivity index (χ4n) is 2.37. The standard InChI is InChI=1S/C15H14ClN3/c1-9-8-11(16)6-7-12(9)14-15(17)19-10(2)4-3-5-13(19)18-14/h3-8H,17H2,1-2H3. The highest BCUT2D eigenvalue weighted by atomic mass is 35.5. The number of imidazole rings is 1. The Bertz CT molecular complexity index is 774. The molecule has 4 heteroatoms. The monoisotopic (exact) mass is 271 g/mol. The Kier molecular flexibility index (Phi) is 2.72. The van der Waals surface area contributed by atoms with Gasteiger partial charge in [-0.1, -0.05) is 23.7 Å². The molecule has 19 heavy (non-hydrogen) atoms. The molecule has 3 rings (SSSR count). The van der Waals surface area contributed by atoms with Crippen molar-refractivity contribution in [2.75, 3.05) is 5.73 Å². The van der Waals surface area contributed by atoms with Crippen molar-refractivity contribution in [3.8, 4) is 11.3 Å². The molecule has 2 N–H and O–H groups in total. The van der Waals surface area contributed by atoms with Gasteiger partial charge in [-0.05, 0) is 43.7 Å². The topological polar surface area (TPSA) is 43.3 Å². The fraction of sp³-hybridized carbons (Fsp3) is 0.133. The first-order valence-electron chi connectivity index (χ1n) is 6.08. The summed E-state index contributed by atoms with van der Waals surface area (Å²) in [7, 11) is 0. The third-order valence-corrected chi connectivity index (χ3v) is 3.55. The van der Waals surface area contributed by atoms with E-state index in [-0.39, 0.29) is 0 Å². The molecule has 3 aromatic rings. The number of rotatable bonds is 1. The van der Waals surface area contributed by atoms with Gasteiger partial charge in [0.1, 0.15) is 17.2 Å². The number of hydrogen-bond acceptors (Lipinski definition) is 2. The molecule has 0 amide bonds. The minimum atomic E-state index is 0.665. The van der Waals surface area contributed by atoms with Gasteiger partial charge < -0.3 is 5.73 Å². The number of nitrogens with two attached hydrogens (primary N) is 1. The Morgan fingerprint density at radius 2 is 1.95 bits per heavy atom. The molecular formula is C15H14ClN3. The molecule has 0 atom stereocenters. The minimum absolute atomic E-state index is 0.665. The second kappa shape index (κ2) is 4.28. The van der Waals surface area contributed by atoms with E-state index in [0.717, 1.165) is 33.2 Å². The van der Waals surface area contributed by atoms with Gasteiger partial charge in [0.2, 0.25) is 0 Å². The zero-order valence-corrected chi connectivity index (χ0v) is 11.6. The van der Waals surface area contributed by atoms with E-state index in [0.29, 0.717) is 5.82 Å². The molecule has 0 bridgehead atoms. The van der Waals surface area contributed by atoms with Crippen LogP contribution in [0.2, 0.25) is 5.02 Å². The van der Waals surface area contributed by atoms with Gasteiger partial charge in [0.05, 0.1) is 0 Å². The third-order valence-electron chi connectivity index (χ3n) is 3.32. The van der Waals surface area contributed by atoms with E-state index in [2.05, 4.69) is 4.98 Å². The number of benzene rings is 1. The van der Waals surface area contributed by atoms with Crippen LogP contribution in [-0.4, -0.2) is 9.38 Å². The number of nitrogens with zero attached hydrogens (tertiary/aromatic N) is 2. The molecule has 0 aliphatic heterocycles. The summed E-state index contributed by atoms with van der Waals surface area (Å²) in [5, 5.41) is 0.722. The zero-order chi connectivity index (χ0) is 13.6. The lowest BCUT2D eigenvalue weighted by Crippen LogP contribution is -1.97. The van der Waals surface area contributed by atoms with Crippen molar-refractivity contribution in [3.05, 3.63) is 52.7 Å². The van der Waals surface area contributed by atoms with Crippen molar-refractivity contribution in [1.29, 1.82) is 0 Å². The maximum atomic E-state index is 6.25. The summed E-state index contributed by atoms with van der Waals surface area (Å²) in [4.78, 5) is 4.63. The Labute approximate surface area is 116 Å². The van der Waals surface area contributed by atoms with Crippen LogP contribution < -0.4 is 5.73 Å². The van der Waals surface area contributed by atoms with Crippen molar-refractivity contribution in [2.24, 2.45) is 0 Å². The number of anilines is 1. The fourth-order valence-corrected chi connectivity index (χ4v) is 2.60. The first kappa shape index (κ1) is 12.1. The average Bonchev–Trinajstić information content (AvgIpc) is 2.68. The number of aryl methyl sites for hydroxylation is 2. The molecule has 0 saturated heterocycles. The van der Waals surface area contributed by atoms with Crippen molar-refractivity contribution in [1.82, 2.24) is 9.38 Å². The Morgan fingerprint density at radius 3 is 2.63 bits per heavy atom. The van der Waals surface area contributed by atoms with Crippen molar-refractivity contribution in [3.63, 3.8) is 0 Å². The Hall–Kier alpha value is -2.00. The van der Waals surface area contributed by atoms with Crippen molar-refractivity contribution in [2.45, 2.75) is 13.8 Å². The van der Waals surface area contributed by atoms with Crippen LogP contribution in [0.25, 0.3) is 16.9 Å². The van der Waals surface area contributed by atoms with Gasteiger partial charge in [-0.15, -0.1) is 0 Å². The highest BCUT2D eigenvalue weighted by molar-refractivity contribution is 6.30. The highest BCUT2D eigenvalue weighted by Crippen LogP contribution is 2.31. The highest BCUT2D eigenvalue weighted by Gasteiger charge is 2.14. The first-order valence-corrected chi connectivity index (χ1v) is 6.46. The normalized spacial score (nSPS) is 11.1. The molecule has 2 aromatic heterocycles. The second-order valence-electron chi connectivity index (χ2n) is 4.67. The van der Waals surface area contributed by atoms with E-state index in [1.807, 2.05) is 54.6 Å². The van der Waals surface area contributed by atoms with E-state index >= 15 is 0 Å². The molecule has 0 aliphatic rings. The maximum Gasteiger partial charge on any atom is 0.139 e. The van der Waals surface area contributed by atoms with E-state index in [1.165, 1.54) is 0 Å². The van der Waals surface area contributed by atoms with Crippen LogP contribution in [0.4, 0.5) is 5.82 Å². The molecule has 0 unspecified atom stereocenters. The summed E-state index contributed by atoms with van der Waals surface area (Å²) in [5.74, 6) is 0.665. The van der Waals surface area contributed by atoms with Crippen LogP contribution in [0.15, 0.2) is 36.4 Å². The molecule has 0 saturated carbocycles. The van der Waals surface area contributed by atoms with Crippen molar-refractivity contribution >= 4 is 23.1 Å². The quantitative estimate of drug-likeness (QED) is 0.730. The molecule has 0 radical (unpaired) electrons. The van der Waals surface area contributed by atoms with E-state index in [4.69, 9.17) is 17.3 Å². The summed E-state index contributed by atoms with van der Waals surface area (Å²) < 4.78 is 1.96. The molecule has 0 aliphatic carbocycles. The number of pyridine rings is 1. The van der Waals surface area contributed by atoms with Crippen LogP contribution in [-0.2, 0) is 0 Å². The van der Waals surface area contributed by atoms with Crippen LogP contribution in [0, 0.1) is 13.8 Å². The van der Waals surface area contributed by atoms with Crippen LogP contribution in [0.5, 0.6) is 0 Å². The molecule has 3 nitrogen and oxygen atoms in total. The molecule has 96 valence electrons. The Balaban J connectivity index is 2.31. The Morgan fingerprint density at radius 1 is 1.16 bits per heavy atom. The number of halogens is 1. The van der Waals surface area contributed by atoms with Gasteiger partial charge in [-0.2, -0.15) is 0 Å². The lowest BCUT2D eigenvalue weighted by molar-refractivity contribution is 1.10. The average molecular weight is 272 g/mol. The number of nitrogen functional groups attached to an aromatic ring is 1. The maximum absolute atomic E-state index is 6.25. The van der Waals surface area contributed by atoms with Crippen LogP contribution in [0.1, 0.15) is 11.3 Å². The van der Waals surface area contributed by atoms with Crippen molar-refractivity contribution < 1.29 is 0 Å². The molecule has 2 heterocycles. The number of aromatic nitrogens is 2. The van der Waals surface area contributed by atoms with Gasteiger partial charge in [-0.3, -0.25) is 4.40 Å². The molecule has 1 aromatic carbocycles. The lowest BCUT2D eigenvalue weighted by atomic mass is 10.1. The van der Waals surface area contributed by atoms with Gasteiger partial charge in [0.15, 0.2) is 0 Å². The SMILES string of the molecule is Cc1cc(Cl)ccc1-c1nc2cccc(C)n2c1N. The number of hydrogen-bond donors (Lipinski definition) is 1. The summed E-state index contributed by atoms with van der Waals surface area (Å²) >= 11 is 5.99. The molecule has 0 fully saturated rings. The van der Waals surface area contributed by atoms with E-state index in [9.17, 15) is 0 Å². The summed E-state index contributed by atoms with van der Waals surface area (Å²) in [6.07, 6.45) is 0.